The van der Waals surface area contributed by atoms with Gasteiger partial charge in [0.1, 0.15) is 0 Å². The summed E-state index contributed by atoms with van der Waals surface area (Å²) in [6, 6.07) is 59.5. The summed E-state index contributed by atoms with van der Waals surface area (Å²) in [6.45, 7) is 13.7. The van der Waals surface area contributed by atoms with Crippen LogP contribution in [0.4, 0.5) is 0 Å². The van der Waals surface area contributed by atoms with Gasteiger partial charge in [-0.25, -0.2) is 0 Å². The van der Waals surface area contributed by atoms with Crippen molar-refractivity contribution < 1.29 is 0 Å². The minimum atomic E-state index is 0.293. The molecule has 2 heterocycles. The van der Waals surface area contributed by atoms with Gasteiger partial charge in [-0.2, -0.15) is 0 Å². The molecule has 0 saturated carbocycles. The van der Waals surface area contributed by atoms with Crippen LogP contribution in [-0.2, 0) is 0 Å². The van der Waals surface area contributed by atoms with Crippen molar-refractivity contribution >= 4 is 43.6 Å². The topological polar surface area (TPSA) is 9.86 Å². The van der Waals surface area contributed by atoms with E-state index in [1.807, 2.05) is 0 Å². The van der Waals surface area contributed by atoms with Crippen LogP contribution in [0.1, 0.15) is 59.1 Å². The summed E-state index contributed by atoms with van der Waals surface area (Å²) >= 11 is 0. The van der Waals surface area contributed by atoms with Crippen LogP contribution < -0.4 is 0 Å². The molecule has 280 valence electrons. The maximum absolute atomic E-state index is 2.54. The van der Waals surface area contributed by atoms with Crippen molar-refractivity contribution in [1.29, 1.82) is 0 Å². The molecule has 0 spiro atoms. The van der Waals surface area contributed by atoms with Gasteiger partial charge in [0.2, 0.25) is 0 Å². The van der Waals surface area contributed by atoms with Crippen LogP contribution in [0.15, 0.2) is 158 Å². The predicted octanol–water partition coefficient (Wildman–Crippen LogP) is 15.3. The van der Waals surface area contributed by atoms with Crippen LogP contribution >= 0.6 is 0 Å². The largest absolute Gasteiger partial charge is 0.309 e. The molecule has 11 rings (SSSR count). The maximum Gasteiger partial charge on any atom is 0.0582 e. The highest BCUT2D eigenvalue weighted by Crippen LogP contribution is 2.53. The molecule has 0 radical (unpaired) electrons. The summed E-state index contributed by atoms with van der Waals surface area (Å²) in [5.74, 6) is 0.601. The SMILES string of the molecule is Cc1ccc(C)c(-c2ccc3c(c2)c2cc4c(cc2n3-c2ccccc2)-c2ccc3c5cc(-c6cc(C)ccc6C)ccc5n(-c5ccccc5)c3c2C(C)C4C)c1. The first kappa shape index (κ1) is 34.6. The number of fused-ring (bicyclic) bond motifs is 10. The Hall–Kier alpha value is -6.64. The third-order valence-electron chi connectivity index (χ3n) is 13.3. The van der Waals surface area contributed by atoms with Gasteiger partial charge in [-0.3, -0.25) is 0 Å². The summed E-state index contributed by atoms with van der Waals surface area (Å²) in [7, 11) is 0. The molecule has 1 aliphatic rings. The highest BCUT2D eigenvalue weighted by atomic mass is 15.0. The molecule has 2 aromatic heterocycles. The fourth-order valence-electron chi connectivity index (χ4n) is 10.2. The molecule has 8 aromatic carbocycles. The lowest BCUT2D eigenvalue weighted by Crippen LogP contribution is -2.15. The highest BCUT2D eigenvalue weighted by molar-refractivity contribution is 6.15. The van der Waals surface area contributed by atoms with Gasteiger partial charge in [-0.1, -0.05) is 122 Å². The monoisotopic (exact) mass is 746 g/mol. The number of hydrogen-bond acceptors (Lipinski definition) is 0. The summed E-state index contributed by atoms with van der Waals surface area (Å²) in [4.78, 5) is 0. The van der Waals surface area contributed by atoms with Gasteiger partial charge in [0.05, 0.1) is 22.1 Å². The number of benzene rings is 8. The molecule has 2 heteroatoms. The molecule has 2 unspecified atom stereocenters. The Morgan fingerprint density at radius 3 is 1.52 bits per heavy atom. The van der Waals surface area contributed by atoms with Gasteiger partial charge in [-0.15, -0.1) is 0 Å². The minimum Gasteiger partial charge on any atom is -0.309 e. The maximum atomic E-state index is 2.54. The quantitative estimate of drug-likeness (QED) is 0.170. The Labute approximate surface area is 340 Å². The van der Waals surface area contributed by atoms with Crippen molar-refractivity contribution in [1.82, 2.24) is 9.13 Å². The summed E-state index contributed by atoms with van der Waals surface area (Å²) in [6.07, 6.45) is 0. The lowest BCUT2D eigenvalue weighted by molar-refractivity contribution is 0.619. The van der Waals surface area contributed by atoms with Gasteiger partial charge in [0, 0.05) is 32.9 Å². The van der Waals surface area contributed by atoms with E-state index in [2.05, 4.69) is 208 Å². The van der Waals surface area contributed by atoms with E-state index in [0.29, 0.717) is 11.8 Å². The van der Waals surface area contributed by atoms with Crippen LogP contribution in [0.3, 0.4) is 0 Å². The predicted molar refractivity (Wildman–Crippen MR) is 247 cm³/mol. The Kier molecular flexibility index (Phi) is 7.72. The van der Waals surface area contributed by atoms with E-state index in [4.69, 9.17) is 0 Å². The molecule has 0 fully saturated rings. The molecular weight excluding hydrogens is 701 g/mol. The molecule has 2 atom stereocenters. The standard InChI is InChI=1S/C56H46N2/c1-33-17-19-35(3)45(27-33)39-22-26-53-49(29-39)44-24-23-43-48-32-54-51(31-47(48)37(5)38(6)55(43)56(44)58(53)42-15-11-8-12-16-42)50-30-40(46-28-34(2)18-20-36(46)4)21-25-52(50)57(54)41-13-9-7-10-14-41/h7-32,37-38H,1-6H3. The number of aryl methyl sites for hydroxylation is 4. The molecule has 0 amide bonds. The van der Waals surface area contributed by atoms with Gasteiger partial charge in [-0.05, 0) is 156 Å². The van der Waals surface area contributed by atoms with Crippen molar-refractivity contribution in [3.8, 4) is 44.8 Å². The first-order chi connectivity index (χ1) is 28.2. The molecule has 58 heavy (non-hydrogen) atoms. The fraction of sp³-hybridized carbons (Fsp3) is 0.143. The highest BCUT2D eigenvalue weighted by Gasteiger charge is 2.33. The number of aromatic nitrogens is 2. The third-order valence-corrected chi connectivity index (χ3v) is 13.3. The van der Waals surface area contributed by atoms with E-state index in [9.17, 15) is 0 Å². The van der Waals surface area contributed by atoms with Crippen molar-refractivity contribution in [2.24, 2.45) is 0 Å². The van der Waals surface area contributed by atoms with E-state index in [0.717, 1.165) is 0 Å². The average Bonchev–Trinajstić information content (AvgIpc) is 3.76. The normalized spacial score (nSPS) is 15.1. The van der Waals surface area contributed by atoms with Gasteiger partial charge in [0.25, 0.3) is 0 Å². The fourth-order valence-corrected chi connectivity index (χ4v) is 10.2. The van der Waals surface area contributed by atoms with Crippen molar-refractivity contribution in [2.45, 2.75) is 53.4 Å². The third kappa shape index (κ3) is 5.11. The average molecular weight is 747 g/mol. The summed E-state index contributed by atoms with van der Waals surface area (Å²) in [5.41, 5.74) is 23.3. The Bertz CT molecular complexity index is 3220. The Morgan fingerprint density at radius 1 is 0.379 bits per heavy atom. The smallest absolute Gasteiger partial charge is 0.0582 e. The van der Waals surface area contributed by atoms with Gasteiger partial charge < -0.3 is 9.13 Å². The number of hydrogen-bond donors (Lipinski definition) is 0. The zero-order valence-electron chi connectivity index (χ0n) is 34.1. The van der Waals surface area contributed by atoms with Crippen LogP contribution in [0.25, 0.3) is 88.4 Å². The number of para-hydroxylation sites is 2. The molecular formula is C56H46N2. The second kappa shape index (κ2) is 12.9. The molecule has 0 saturated heterocycles. The summed E-state index contributed by atoms with van der Waals surface area (Å²) < 4.78 is 5.02. The number of rotatable bonds is 4. The van der Waals surface area contributed by atoms with Crippen LogP contribution in [0.5, 0.6) is 0 Å². The molecule has 2 nitrogen and oxygen atoms in total. The lowest BCUT2D eigenvalue weighted by Gasteiger charge is -2.33. The van der Waals surface area contributed by atoms with E-state index in [1.54, 1.807) is 0 Å². The lowest BCUT2D eigenvalue weighted by atomic mass is 9.72. The van der Waals surface area contributed by atoms with E-state index >= 15 is 0 Å². The van der Waals surface area contributed by atoms with Crippen molar-refractivity contribution in [3.05, 3.63) is 191 Å². The van der Waals surface area contributed by atoms with E-state index < -0.39 is 0 Å². The van der Waals surface area contributed by atoms with Crippen LogP contribution in [-0.4, -0.2) is 9.13 Å². The van der Waals surface area contributed by atoms with Crippen LogP contribution in [0, 0.1) is 27.7 Å². The first-order valence-electron chi connectivity index (χ1n) is 20.7. The molecule has 0 aliphatic heterocycles. The Balaban J connectivity index is 1.21. The van der Waals surface area contributed by atoms with E-state index in [-0.39, 0.29) is 0 Å². The Morgan fingerprint density at radius 2 is 0.914 bits per heavy atom. The van der Waals surface area contributed by atoms with E-state index in [1.165, 1.54) is 122 Å². The van der Waals surface area contributed by atoms with Crippen molar-refractivity contribution in [2.75, 3.05) is 0 Å². The first-order valence-corrected chi connectivity index (χ1v) is 20.7. The number of nitrogens with zero attached hydrogens (tertiary/aromatic N) is 2. The zero-order chi connectivity index (χ0) is 39.4. The van der Waals surface area contributed by atoms with Gasteiger partial charge >= 0.3 is 0 Å². The van der Waals surface area contributed by atoms with Crippen molar-refractivity contribution in [3.63, 3.8) is 0 Å². The molecule has 10 aromatic rings. The molecule has 0 N–H and O–H groups in total. The molecule has 0 bridgehead atoms. The van der Waals surface area contributed by atoms with Crippen LogP contribution in [0.2, 0.25) is 0 Å². The summed E-state index contributed by atoms with van der Waals surface area (Å²) in [5, 5.41) is 5.21. The molecule has 1 aliphatic carbocycles. The zero-order valence-corrected chi connectivity index (χ0v) is 34.1. The minimum absolute atomic E-state index is 0.293. The second-order valence-corrected chi connectivity index (χ2v) is 16.9. The van der Waals surface area contributed by atoms with Gasteiger partial charge in [0.15, 0.2) is 0 Å². The second-order valence-electron chi connectivity index (χ2n) is 16.9.